The molecule has 3 rings (SSSR count). The summed E-state index contributed by atoms with van der Waals surface area (Å²) < 4.78 is 7.69. The molecule has 0 radical (unpaired) electrons. The van der Waals surface area contributed by atoms with Crippen molar-refractivity contribution in [1.29, 1.82) is 0 Å². The van der Waals surface area contributed by atoms with E-state index in [0.717, 1.165) is 23.2 Å². The van der Waals surface area contributed by atoms with E-state index in [0.29, 0.717) is 41.6 Å². The molecule has 1 aromatic heterocycles. The van der Waals surface area contributed by atoms with Gasteiger partial charge >= 0.3 is 5.97 Å². The number of rotatable bonds is 10. The number of aliphatic carboxylic acids is 1. The topological polar surface area (TPSA) is 84.6 Å². The van der Waals surface area contributed by atoms with Gasteiger partial charge in [0.25, 0.3) is 0 Å². The fraction of sp³-hybridized carbons (Fsp3) is 0.333. The number of aliphatic hydroxyl groups is 1. The van der Waals surface area contributed by atoms with Crippen molar-refractivity contribution in [2.24, 2.45) is 0 Å². The van der Waals surface area contributed by atoms with Crippen LogP contribution in [0.5, 0.6) is 5.75 Å². The first-order valence-corrected chi connectivity index (χ1v) is 10.8. The molecule has 1 atom stereocenters. The van der Waals surface area contributed by atoms with Gasteiger partial charge in [-0.2, -0.15) is 5.10 Å². The normalized spacial score (nSPS) is 12.0. The Bertz CT molecular complexity index is 1030. The van der Waals surface area contributed by atoms with E-state index in [1.54, 1.807) is 16.8 Å². The number of carboxylic acid groups (broad SMARTS) is 1. The SMILES string of the molecule is CCCOc1ccc(CC(=O)O)cc1-c1cc(-c2ccc(Cl)cc2)n(C[C@H](O)CC)n1. The molecule has 0 unspecified atom stereocenters. The van der Waals surface area contributed by atoms with Crippen molar-refractivity contribution < 1.29 is 19.7 Å². The quantitative estimate of drug-likeness (QED) is 0.458. The summed E-state index contributed by atoms with van der Waals surface area (Å²) in [6, 6.07) is 14.8. The molecule has 0 fully saturated rings. The zero-order valence-corrected chi connectivity index (χ0v) is 18.5. The molecule has 0 aliphatic carbocycles. The molecule has 0 aliphatic rings. The van der Waals surface area contributed by atoms with E-state index in [1.807, 2.05) is 50.2 Å². The molecule has 31 heavy (non-hydrogen) atoms. The Kier molecular flexibility index (Phi) is 7.71. The highest BCUT2D eigenvalue weighted by Gasteiger charge is 2.18. The van der Waals surface area contributed by atoms with Crippen molar-refractivity contribution in [3.63, 3.8) is 0 Å². The number of halogens is 1. The van der Waals surface area contributed by atoms with Crippen LogP contribution >= 0.6 is 11.6 Å². The maximum atomic E-state index is 11.2. The third-order valence-electron chi connectivity index (χ3n) is 4.91. The predicted octanol–water partition coefficient (Wildman–Crippen LogP) is 5.06. The number of benzene rings is 2. The van der Waals surface area contributed by atoms with Crippen molar-refractivity contribution >= 4 is 17.6 Å². The number of carboxylic acids is 1. The van der Waals surface area contributed by atoms with Crippen LogP contribution in [0.4, 0.5) is 0 Å². The molecule has 3 aromatic rings. The molecule has 7 heteroatoms. The predicted molar refractivity (Wildman–Crippen MR) is 122 cm³/mol. The minimum Gasteiger partial charge on any atom is -0.493 e. The van der Waals surface area contributed by atoms with E-state index in [-0.39, 0.29) is 6.42 Å². The van der Waals surface area contributed by atoms with Gasteiger partial charge in [0.1, 0.15) is 5.75 Å². The van der Waals surface area contributed by atoms with Crippen LogP contribution in [0, 0.1) is 0 Å². The van der Waals surface area contributed by atoms with Crippen LogP contribution in [0.1, 0.15) is 32.3 Å². The number of aromatic nitrogens is 2. The lowest BCUT2D eigenvalue weighted by atomic mass is 10.0. The number of aliphatic hydroxyl groups excluding tert-OH is 1. The van der Waals surface area contributed by atoms with Crippen LogP contribution in [0.2, 0.25) is 5.02 Å². The summed E-state index contributed by atoms with van der Waals surface area (Å²) in [6.07, 6.45) is 0.839. The van der Waals surface area contributed by atoms with Crippen molar-refractivity contribution in [1.82, 2.24) is 9.78 Å². The molecular weight excluding hydrogens is 416 g/mol. The van der Waals surface area contributed by atoms with Crippen LogP contribution in [-0.4, -0.2) is 38.7 Å². The molecule has 0 bridgehead atoms. The van der Waals surface area contributed by atoms with Crippen molar-refractivity contribution in [3.8, 4) is 28.3 Å². The molecule has 2 N–H and O–H groups in total. The molecule has 164 valence electrons. The first-order valence-electron chi connectivity index (χ1n) is 10.4. The lowest BCUT2D eigenvalue weighted by Crippen LogP contribution is -2.16. The Morgan fingerprint density at radius 2 is 1.90 bits per heavy atom. The van der Waals surface area contributed by atoms with E-state index in [9.17, 15) is 15.0 Å². The fourth-order valence-corrected chi connectivity index (χ4v) is 3.40. The number of hydrogen-bond acceptors (Lipinski definition) is 4. The van der Waals surface area contributed by atoms with Gasteiger partial charge in [0.15, 0.2) is 0 Å². The standard InChI is InChI=1S/C24H27ClN2O4/c1-3-11-31-23-10-5-16(13-24(29)30)12-20(23)21-14-22(17-6-8-18(25)9-7-17)27(26-21)15-19(28)4-2/h5-10,12,14,19,28H,3-4,11,13,15H2,1-2H3,(H,29,30)/t19-/m1/s1. The van der Waals surface area contributed by atoms with Gasteiger partial charge in [-0.05, 0) is 54.3 Å². The second kappa shape index (κ2) is 10.5. The Morgan fingerprint density at radius 3 is 2.55 bits per heavy atom. The molecular formula is C24H27ClN2O4. The molecule has 0 spiro atoms. The highest BCUT2D eigenvalue weighted by molar-refractivity contribution is 6.30. The highest BCUT2D eigenvalue weighted by Crippen LogP contribution is 2.34. The third-order valence-corrected chi connectivity index (χ3v) is 5.16. The molecule has 1 heterocycles. The molecule has 0 saturated heterocycles. The summed E-state index contributed by atoms with van der Waals surface area (Å²) in [7, 11) is 0. The average Bonchev–Trinajstić information content (AvgIpc) is 3.16. The minimum atomic E-state index is -0.897. The maximum Gasteiger partial charge on any atom is 0.307 e. The van der Waals surface area contributed by atoms with Crippen molar-refractivity contribution in [3.05, 3.63) is 59.1 Å². The Balaban J connectivity index is 2.11. The highest BCUT2D eigenvalue weighted by atomic mass is 35.5. The fourth-order valence-electron chi connectivity index (χ4n) is 3.27. The van der Waals surface area contributed by atoms with Crippen LogP contribution < -0.4 is 4.74 Å². The number of ether oxygens (including phenoxy) is 1. The first kappa shape index (κ1) is 22.8. The van der Waals surface area contributed by atoms with Gasteiger partial charge < -0.3 is 14.9 Å². The second-order valence-electron chi connectivity index (χ2n) is 7.42. The van der Waals surface area contributed by atoms with Crippen molar-refractivity contribution in [2.75, 3.05) is 6.61 Å². The summed E-state index contributed by atoms with van der Waals surface area (Å²) in [6.45, 7) is 4.83. The summed E-state index contributed by atoms with van der Waals surface area (Å²) in [4.78, 5) is 11.2. The van der Waals surface area contributed by atoms with E-state index in [2.05, 4.69) is 0 Å². The molecule has 2 aromatic carbocycles. The van der Waals surface area contributed by atoms with Gasteiger partial charge in [-0.15, -0.1) is 0 Å². The lowest BCUT2D eigenvalue weighted by molar-refractivity contribution is -0.136. The summed E-state index contributed by atoms with van der Waals surface area (Å²) in [5.41, 5.74) is 3.81. The van der Waals surface area contributed by atoms with Gasteiger partial charge in [-0.3, -0.25) is 9.48 Å². The average molecular weight is 443 g/mol. The zero-order chi connectivity index (χ0) is 22.4. The minimum absolute atomic E-state index is 0.0830. The monoisotopic (exact) mass is 442 g/mol. The van der Waals surface area contributed by atoms with Crippen LogP contribution in [0.25, 0.3) is 22.5 Å². The third kappa shape index (κ3) is 5.87. The molecule has 0 saturated carbocycles. The van der Waals surface area contributed by atoms with E-state index >= 15 is 0 Å². The van der Waals surface area contributed by atoms with Gasteiger partial charge in [0, 0.05) is 10.6 Å². The molecule has 0 amide bonds. The Morgan fingerprint density at radius 1 is 1.16 bits per heavy atom. The number of carbonyl (C=O) groups is 1. The van der Waals surface area contributed by atoms with Gasteiger partial charge in [-0.25, -0.2) is 0 Å². The number of nitrogens with zero attached hydrogens (tertiary/aromatic N) is 2. The van der Waals surface area contributed by atoms with Gasteiger partial charge in [-0.1, -0.05) is 43.6 Å². The number of hydrogen-bond donors (Lipinski definition) is 2. The van der Waals surface area contributed by atoms with E-state index in [1.165, 1.54) is 0 Å². The lowest BCUT2D eigenvalue weighted by Gasteiger charge is -2.12. The smallest absolute Gasteiger partial charge is 0.307 e. The Labute approximate surface area is 187 Å². The van der Waals surface area contributed by atoms with Crippen LogP contribution in [-0.2, 0) is 17.8 Å². The zero-order valence-electron chi connectivity index (χ0n) is 17.7. The van der Waals surface area contributed by atoms with Crippen molar-refractivity contribution in [2.45, 2.75) is 45.8 Å². The summed E-state index contributed by atoms with van der Waals surface area (Å²) in [5.74, 6) is -0.244. The maximum absolute atomic E-state index is 11.2. The second-order valence-corrected chi connectivity index (χ2v) is 7.85. The largest absolute Gasteiger partial charge is 0.493 e. The molecule has 6 nitrogen and oxygen atoms in total. The van der Waals surface area contributed by atoms with E-state index in [4.69, 9.17) is 21.4 Å². The molecule has 0 aliphatic heterocycles. The van der Waals surface area contributed by atoms with E-state index < -0.39 is 12.1 Å². The van der Waals surface area contributed by atoms with Gasteiger partial charge in [0.05, 0.1) is 37.1 Å². The van der Waals surface area contributed by atoms with Gasteiger partial charge in [0.2, 0.25) is 0 Å². The first-order chi connectivity index (χ1) is 14.9. The Hall–Kier alpha value is -2.83. The van der Waals surface area contributed by atoms with Crippen LogP contribution in [0.15, 0.2) is 48.5 Å². The van der Waals surface area contributed by atoms with Crippen LogP contribution in [0.3, 0.4) is 0 Å². The summed E-state index contributed by atoms with van der Waals surface area (Å²) >= 11 is 6.05. The summed E-state index contributed by atoms with van der Waals surface area (Å²) in [5, 5.41) is 24.8.